The Morgan fingerprint density at radius 1 is 0.355 bits per heavy atom. The fourth-order valence-electron chi connectivity index (χ4n) is 14.6. The Hall–Kier alpha value is -9.54. The average Bonchev–Trinajstić information content (AvgIpc) is 1.62. The summed E-state index contributed by atoms with van der Waals surface area (Å²) in [5, 5.41) is 0. The van der Waals surface area contributed by atoms with Gasteiger partial charge < -0.3 is 66.5 Å². The van der Waals surface area contributed by atoms with E-state index in [2.05, 4.69) is 238 Å². The Morgan fingerprint density at radius 3 is 1.12 bits per heavy atom. The number of anilines is 3. The molecule has 3 aromatic carbocycles. The summed E-state index contributed by atoms with van der Waals surface area (Å²) < 4.78 is 32.1. The zero-order valence-electron chi connectivity index (χ0n) is 74.6. The number of aromatic nitrogens is 9. The first-order valence-corrected chi connectivity index (χ1v) is 41.0. The molecular weight excluding hydrogens is 2050 g/mol. The molecule has 0 aliphatic carbocycles. The molecule has 648 valence electrons. The first-order valence-electron chi connectivity index (χ1n) is 41.0. The van der Waals surface area contributed by atoms with Crippen LogP contribution in [-0.4, -0.2) is 78.9 Å². The van der Waals surface area contributed by atoms with Gasteiger partial charge in [-0.1, -0.05) is 195 Å². The van der Waals surface area contributed by atoms with E-state index in [1.54, 1.807) is 6.20 Å². The van der Waals surface area contributed by atoms with Crippen LogP contribution in [0.4, 0.5) is 17.1 Å². The molecular formula is C99H114N15O4Pt3-9. The second kappa shape index (κ2) is 38.1. The summed E-state index contributed by atoms with van der Waals surface area (Å²) in [6.07, 6.45) is 23.5. The fraction of sp³-hybridized carbons (Fsp3) is 0.364. The topological polar surface area (TPSA) is 147 Å². The van der Waals surface area contributed by atoms with Crippen molar-refractivity contribution < 1.29 is 82.1 Å². The SMILES string of the molecule is CC(C)c1nc2c(-c3cc(C(C)(C)C)ccn3)[c-]c(Oc3[c-]c(N4C=CN(C)[CH-]4)ccc3)cn2c1C(C)C.CC(C)c1nc2c(C(C)(C)c3cc(C(C)(C)C)ccn3)[c-]c(Oc3[c-]c(N4C=CN(C)[CH-]4)ccc3)cn2c1C(C)C.CC(C)c1nc2c(Oc3cc(C(C)(C)C)ccn3)[c-]c(Oc3[c-]c(N4C=CN(C)[CH-]4)ccc3)cn2c1C(C)C.[Pt].[Pt].[Pt]. The van der Waals surface area contributed by atoms with Crippen molar-refractivity contribution in [2.24, 2.45) is 0 Å². The molecule has 0 saturated carbocycles. The Balaban J connectivity index is 0.000000188. The van der Waals surface area contributed by atoms with Crippen LogP contribution in [0.15, 0.2) is 165 Å². The second-order valence-corrected chi connectivity index (χ2v) is 36.3. The van der Waals surface area contributed by atoms with Crippen molar-refractivity contribution in [3.8, 4) is 57.4 Å². The molecule has 0 bridgehead atoms. The average molecular weight is 2160 g/mol. The van der Waals surface area contributed by atoms with Crippen LogP contribution >= 0.6 is 0 Å². The molecule has 12 heterocycles. The molecule has 9 aromatic heterocycles. The van der Waals surface area contributed by atoms with Gasteiger partial charge in [-0.15, -0.1) is 83.3 Å². The van der Waals surface area contributed by atoms with E-state index in [-0.39, 0.29) is 115 Å². The molecule has 12 aromatic rings. The summed E-state index contributed by atoms with van der Waals surface area (Å²) in [5.74, 6) is 6.11. The monoisotopic (exact) mass is 2160 g/mol. The molecule has 22 heteroatoms. The second-order valence-electron chi connectivity index (χ2n) is 36.3. The Labute approximate surface area is 761 Å². The van der Waals surface area contributed by atoms with Crippen molar-refractivity contribution in [3.05, 3.63) is 284 Å². The van der Waals surface area contributed by atoms with Gasteiger partial charge in [-0.25, -0.2) is 4.98 Å². The van der Waals surface area contributed by atoms with Crippen LogP contribution in [-0.2, 0) is 84.9 Å². The van der Waals surface area contributed by atoms with Gasteiger partial charge in [0, 0.05) is 162 Å². The van der Waals surface area contributed by atoms with Crippen LogP contribution in [0.5, 0.6) is 46.1 Å². The Bertz CT molecular complexity index is 5710. The smallest absolute Gasteiger partial charge is 0.216 e. The van der Waals surface area contributed by atoms with Gasteiger partial charge in [-0.05, 0) is 163 Å². The van der Waals surface area contributed by atoms with E-state index in [1.807, 2.05) is 205 Å². The summed E-state index contributed by atoms with van der Waals surface area (Å²) in [5.41, 5.74) is 18.5. The maximum Gasteiger partial charge on any atom is 0.216 e. The number of pyridine rings is 6. The number of ether oxygens (including phenoxy) is 4. The van der Waals surface area contributed by atoms with Crippen molar-refractivity contribution in [2.45, 2.75) is 216 Å². The third-order valence-corrected chi connectivity index (χ3v) is 21.0. The van der Waals surface area contributed by atoms with Gasteiger partial charge in [0.15, 0.2) is 0 Å². The van der Waals surface area contributed by atoms with Gasteiger partial charge in [0.25, 0.3) is 0 Å². The minimum absolute atomic E-state index is 0. The van der Waals surface area contributed by atoms with Gasteiger partial charge in [0.2, 0.25) is 5.88 Å². The predicted molar refractivity (Wildman–Crippen MR) is 474 cm³/mol. The number of rotatable bonds is 20. The standard InChI is InChI=1S/C35H42N5O.C32H36N5O2.C32H36N5O.3Pt/c1-23(2)31-32(24(3)4)40-21-28(41-27-13-11-12-26(19-27)39-17-16-38(10)22-39)20-29(33(40)37-31)35(8,9)30-18-25(14-15-36-30)34(5,6)7;1-21(2)29-30(22(3)4)37-19-26(38-25-11-9-10-24(17-25)36-15-14-35(8)20-36)18-27(31(37)34-29)39-28-16-23(12-13-33-28)32(5,6)7;1-21(2)29-30(22(3)4)37-19-26(38-25-11-9-10-24(17-25)36-15-14-35(8)20-36)18-27(31(37)34-29)28-16-23(12-13-33-28)32(5,6)7;;;/h11-18,21-24H,1-10H3;9-16,19-22H,1-8H3;9-16,19-22H,1-8H3;;;/q3*-3;;;. The fourth-order valence-corrected chi connectivity index (χ4v) is 14.6. The Kier molecular flexibility index (Phi) is 29.5. The van der Waals surface area contributed by atoms with E-state index in [0.717, 1.165) is 79.2 Å². The van der Waals surface area contributed by atoms with E-state index >= 15 is 0 Å². The van der Waals surface area contributed by atoms with Gasteiger partial charge in [-0.3, -0.25) is 19.9 Å². The molecule has 121 heavy (non-hydrogen) atoms. The van der Waals surface area contributed by atoms with E-state index in [1.165, 1.54) is 22.5 Å². The largest absolute Gasteiger partial charge is 0.510 e. The van der Waals surface area contributed by atoms with Gasteiger partial charge in [0.1, 0.15) is 0 Å². The molecule has 0 amide bonds. The first kappa shape index (κ1) is 93.7. The Morgan fingerprint density at radius 2 is 0.719 bits per heavy atom. The molecule has 0 unspecified atom stereocenters. The zero-order chi connectivity index (χ0) is 84.8. The van der Waals surface area contributed by atoms with Crippen LogP contribution in [0.1, 0.15) is 257 Å². The number of hydrogen-bond donors (Lipinski definition) is 0. The summed E-state index contributed by atoms with van der Waals surface area (Å²) in [4.78, 5) is 41.5. The predicted octanol–water partition coefficient (Wildman–Crippen LogP) is 23.8. The quantitative estimate of drug-likeness (QED) is 0.0666. The normalized spacial score (nSPS) is 13.7. The third kappa shape index (κ3) is 21.2. The minimum Gasteiger partial charge on any atom is -0.510 e. The molecule has 3 aliphatic rings. The van der Waals surface area contributed by atoms with Gasteiger partial charge in [-0.2, -0.15) is 38.2 Å². The van der Waals surface area contributed by atoms with Gasteiger partial charge >= 0.3 is 0 Å². The summed E-state index contributed by atoms with van der Waals surface area (Å²) in [6.45, 7) is 56.5. The molecule has 19 nitrogen and oxygen atoms in total. The van der Waals surface area contributed by atoms with Gasteiger partial charge in [0.05, 0.1) is 28.5 Å². The van der Waals surface area contributed by atoms with E-state index in [9.17, 15) is 0 Å². The van der Waals surface area contributed by atoms with E-state index < -0.39 is 5.41 Å². The first-order chi connectivity index (χ1) is 55.7. The van der Waals surface area contributed by atoms with Crippen LogP contribution < -0.4 is 33.6 Å². The molecule has 0 radical (unpaired) electrons. The van der Waals surface area contributed by atoms with E-state index in [0.29, 0.717) is 51.8 Å². The summed E-state index contributed by atoms with van der Waals surface area (Å²) >= 11 is 0. The van der Waals surface area contributed by atoms with Crippen LogP contribution in [0.25, 0.3) is 28.2 Å². The maximum absolute atomic E-state index is 6.51. The number of nitrogens with zero attached hydrogens (tertiary/aromatic N) is 15. The molecule has 15 rings (SSSR count). The van der Waals surface area contributed by atoms with Crippen LogP contribution in [0, 0.1) is 56.4 Å². The maximum atomic E-state index is 6.51. The van der Waals surface area contributed by atoms with Crippen molar-refractivity contribution in [1.82, 2.24) is 57.8 Å². The number of imidazole rings is 3. The van der Waals surface area contributed by atoms with E-state index in [4.69, 9.17) is 43.9 Å². The summed E-state index contributed by atoms with van der Waals surface area (Å²) in [6, 6.07) is 50.8. The molecule has 0 atom stereocenters. The molecule has 0 fully saturated rings. The molecule has 0 N–H and O–H groups in total. The number of hydrogen-bond acceptors (Lipinski definition) is 16. The van der Waals surface area contributed by atoms with Crippen molar-refractivity contribution in [3.63, 3.8) is 0 Å². The number of fused-ring (bicyclic) bond motifs is 3. The van der Waals surface area contributed by atoms with Crippen LogP contribution in [0.2, 0.25) is 0 Å². The minimum atomic E-state index is -0.485. The van der Waals surface area contributed by atoms with Crippen molar-refractivity contribution in [2.75, 3.05) is 35.8 Å². The van der Waals surface area contributed by atoms with Crippen molar-refractivity contribution in [1.29, 1.82) is 0 Å². The third-order valence-electron chi connectivity index (χ3n) is 21.0. The van der Waals surface area contributed by atoms with Crippen LogP contribution in [0.3, 0.4) is 0 Å². The zero-order valence-corrected chi connectivity index (χ0v) is 81.4. The molecule has 0 spiro atoms. The molecule has 3 aliphatic heterocycles. The molecule has 0 saturated heterocycles. The summed E-state index contributed by atoms with van der Waals surface area (Å²) in [7, 11) is 5.98. The number of benzene rings is 3. The van der Waals surface area contributed by atoms with Crippen molar-refractivity contribution >= 4 is 34.0 Å².